The van der Waals surface area contributed by atoms with Gasteiger partial charge in [-0.2, -0.15) is 13.2 Å². The molecule has 1 aromatic carbocycles. The minimum atomic E-state index is -4.37. The molecule has 0 spiro atoms. The Balaban J connectivity index is 1.61. The van der Waals surface area contributed by atoms with Crippen molar-refractivity contribution in [3.8, 4) is 11.5 Å². The molecule has 3 aromatic heterocycles. The fourth-order valence-electron chi connectivity index (χ4n) is 2.77. The van der Waals surface area contributed by atoms with Gasteiger partial charge in [-0.3, -0.25) is 9.55 Å². The van der Waals surface area contributed by atoms with Crippen molar-refractivity contribution in [3.05, 3.63) is 83.9 Å². The third-order valence-corrected chi connectivity index (χ3v) is 5.17. The predicted molar refractivity (Wildman–Crippen MR) is 102 cm³/mol. The molecule has 3 heterocycles. The number of rotatable bonds is 6. The van der Waals surface area contributed by atoms with Crippen LogP contribution in [0.1, 0.15) is 16.9 Å². The summed E-state index contributed by atoms with van der Waals surface area (Å²) in [6.45, 7) is 0.386. The molecule has 148 valence electrons. The van der Waals surface area contributed by atoms with Gasteiger partial charge in [-0.15, -0.1) is 10.2 Å². The Morgan fingerprint density at radius 1 is 1.00 bits per heavy atom. The number of aromatic nitrogens is 4. The van der Waals surface area contributed by atoms with Gasteiger partial charge in [0, 0.05) is 11.9 Å². The van der Waals surface area contributed by atoms with Crippen LogP contribution in [0.2, 0.25) is 0 Å². The van der Waals surface area contributed by atoms with Gasteiger partial charge in [0.2, 0.25) is 0 Å². The first-order valence-electron chi connectivity index (χ1n) is 8.66. The van der Waals surface area contributed by atoms with Gasteiger partial charge < -0.3 is 4.42 Å². The number of alkyl halides is 3. The number of benzene rings is 1. The number of hydrogen-bond acceptors (Lipinski definition) is 5. The molecular formula is C20H15F3N4OS. The fourth-order valence-corrected chi connectivity index (χ4v) is 3.65. The Hall–Kier alpha value is -3.07. The summed E-state index contributed by atoms with van der Waals surface area (Å²) in [5.74, 6) is 1.60. The van der Waals surface area contributed by atoms with Gasteiger partial charge in [0.25, 0.3) is 0 Å². The first-order chi connectivity index (χ1) is 14.0. The third-order valence-electron chi connectivity index (χ3n) is 4.13. The monoisotopic (exact) mass is 416 g/mol. The van der Waals surface area contributed by atoms with Crippen molar-refractivity contribution in [2.45, 2.75) is 23.6 Å². The molecule has 5 nitrogen and oxygen atoms in total. The SMILES string of the molecule is FC(F)(F)c1cccc(CSc2nnc(-c3ccccn3)n2Cc2ccco2)c1. The van der Waals surface area contributed by atoms with Crippen LogP contribution in [0.5, 0.6) is 0 Å². The summed E-state index contributed by atoms with van der Waals surface area (Å²) >= 11 is 1.31. The summed E-state index contributed by atoms with van der Waals surface area (Å²) in [4.78, 5) is 4.32. The first kappa shape index (κ1) is 19.3. The van der Waals surface area contributed by atoms with E-state index in [1.54, 1.807) is 30.7 Å². The Bertz CT molecular complexity index is 1080. The second-order valence-electron chi connectivity index (χ2n) is 6.17. The van der Waals surface area contributed by atoms with E-state index in [4.69, 9.17) is 4.42 Å². The summed E-state index contributed by atoms with van der Waals surface area (Å²) in [5.41, 5.74) is 0.538. The van der Waals surface area contributed by atoms with E-state index in [9.17, 15) is 13.2 Å². The molecule has 0 bridgehead atoms. The van der Waals surface area contributed by atoms with Crippen LogP contribution in [0, 0.1) is 0 Å². The van der Waals surface area contributed by atoms with Gasteiger partial charge in [-0.25, -0.2) is 0 Å². The van der Waals surface area contributed by atoms with Crippen molar-refractivity contribution in [3.63, 3.8) is 0 Å². The third kappa shape index (κ3) is 4.51. The molecule has 0 saturated carbocycles. The number of pyridine rings is 1. The summed E-state index contributed by atoms with van der Waals surface area (Å²) in [5, 5.41) is 9.04. The molecule has 0 aliphatic carbocycles. The Morgan fingerprint density at radius 3 is 2.62 bits per heavy atom. The maximum atomic E-state index is 12.9. The van der Waals surface area contributed by atoms with E-state index < -0.39 is 11.7 Å². The average molecular weight is 416 g/mol. The Labute approximate surface area is 168 Å². The Kier molecular flexibility index (Phi) is 5.39. The van der Waals surface area contributed by atoms with Crippen molar-refractivity contribution in [2.24, 2.45) is 0 Å². The molecule has 0 fully saturated rings. The van der Waals surface area contributed by atoms with Crippen molar-refractivity contribution >= 4 is 11.8 Å². The van der Waals surface area contributed by atoms with Gasteiger partial charge in [0.1, 0.15) is 11.5 Å². The summed E-state index contributed by atoms with van der Waals surface area (Å²) in [7, 11) is 0. The topological polar surface area (TPSA) is 56.7 Å². The zero-order valence-corrected chi connectivity index (χ0v) is 15.8. The highest BCUT2D eigenvalue weighted by Gasteiger charge is 2.30. The molecule has 4 rings (SSSR count). The molecule has 0 aliphatic rings. The number of furan rings is 1. The quantitative estimate of drug-likeness (QED) is 0.400. The molecule has 0 unspecified atom stereocenters. The molecule has 0 saturated heterocycles. The molecule has 4 aromatic rings. The molecular weight excluding hydrogens is 401 g/mol. The smallest absolute Gasteiger partial charge is 0.416 e. The highest BCUT2D eigenvalue weighted by atomic mass is 32.2. The lowest BCUT2D eigenvalue weighted by atomic mass is 10.1. The second kappa shape index (κ2) is 8.12. The van der Waals surface area contributed by atoms with E-state index in [0.29, 0.717) is 40.3 Å². The second-order valence-corrected chi connectivity index (χ2v) is 7.12. The molecule has 29 heavy (non-hydrogen) atoms. The maximum absolute atomic E-state index is 12.9. The average Bonchev–Trinajstić information content (AvgIpc) is 3.37. The van der Waals surface area contributed by atoms with Crippen LogP contribution >= 0.6 is 11.8 Å². The van der Waals surface area contributed by atoms with Crippen molar-refractivity contribution < 1.29 is 17.6 Å². The van der Waals surface area contributed by atoms with E-state index in [1.807, 2.05) is 22.8 Å². The van der Waals surface area contributed by atoms with Crippen LogP contribution in [0.25, 0.3) is 11.5 Å². The lowest BCUT2D eigenvalue weighted by molar-refractivity contribution is -0.137. The van der Waals surface area contributed by atoms with E-state index in [-0.39, 0.29) is 0 Å². The summed E-state index contributed by atoms with van der Waals surface area (Å²) < 4.78 is 46.1. The lowest BCUT2D eigenvalue weighted by Crippen LogP contribution is -2.05. The highest BCUT2D eigenvalue weighted by Crippen LogP contribution is 2.31. The van der Waals surface area contributed by atoms with E-state index in [1.165, 1.54) is 17.8 Å². The molecule has 0 atom stereocenters. The number of nitrogens with zero attached hydrogens (tertiary/aromatic N) is 4. The molecule has 0 amide bonds. The van der Waals surface area contributed by atoms with Crippen LogP contribution in [0.3, 0.4) is 0 Å². The molecule has 0 N–H and O–H groups in total. The fraction of sp³-hybridized carbons (Fsp3) is 0.150. The minimum Gasteiger partial charge on any atom is -0.467 e. The lowest BCUT2D eigenvalue weighted by Gasteiger charge is -2.10. The van der Waals surface area contributed by atoms with Gasteiger partial charge in [-0.1, -0.05) is 36.0 Å². The van der Waals surface area contributed by atoms with E-state index in [0.717, 1.165) is 12.1 Å². The molecule has 0 radical (unpaired) electrons. The standard InChI is InChI=1S/C20H15F3N4OS/c21-20(22,23)15-6-3-5-14(11-15)13-29-19-26-25-18(17-8-1-2-9-24-17)27(19)12-16-7-4-10-28-16/h1-11H,12-13H2. The van der Waals surface area contributed by atoms with Crippen molar-refractivity contribution in [2.75, 3.05) is 0 Å². The van der Waals surface area contributed by atoms with Gasteiger partial charge in [0.05, 0.1) is 18.4 Å². The molecule has 9 heteroatoms. The van der Waals surface area contributed by atoms with Crippen LogP contribution in [0.4, 0.5) is 13.2 Å². The summed E-state index contributed by atoms with van der Waals surface area (Å²) in [6, 6.07) is 14.4. The zero-order chi connectivity index (χ0) is 20.3. The van der Waals surface area contributed by atoms with Gasteiger partial charge in [-0.05, 0) is 35.9 Å². The van der Waals surface area contributed by atoms with Crippen LogP contribution in [-0.2, 0) is 18.5 Å². The van der Waals surface area contributed by atoms with Crippen molar-refractivity contribution in [1.82, 2.24) is 19.7 Å². The highest BCUT2D eigenvalue weighted by molar-refractivity contribution is 7.98. The molecule has 0 aliphatic heterocycles. The van der Waals surface area contributed by atoms with Crippen LogP contribution in [0.15, 0.2) is 76.6 Å². The number of halogens is 3. The number of thioether (sulfide) groups is 1. The largest absolute Gasteiger partial charge is 0.467 e. The van der Waals surface area contributed by atoms with Crippen molar-refractivity contribution in [1.29, 1.82) is 0 Å². The Morgan fingerprint density at radius 2 is 1.90 bits per heavy atom. The first-order valence-corrected chi connectivity index (χ1v) is 9.65. The normalized spacial score (nSPS) is 11.7. The minimum absolute atomic E-state index is 0.322. The van der Waals surface area contributed by atoms with E-state index >= 15 is 0 Å². The zero-order valence-electron chi connectivity index (χ0n) is 15.0. The van der Waals surface area contributed by atoms with Gasteiger partial charge >= 0.3 is 6.18 Å². The maximum Gasteiger partial charge on any atom is 0.416 e. The van der Waals surface area contributed by atoms with E-state index in [2.05, 4.69) is 15.2 Å². The summed E-state index contributed by atoms with van der Waals surface area (Å²) in [6.07, 6.45) is -1.13. The van der Waals surface area contributed by atoms with Crippen LogP contribution in [-0.4, -0.2) is 19.7 Å². The van der Waals surface area contributed by atoms with Gasteiger partial charge in [0.15, 0.2) is 11.0 Å². The predicted octanol–water partition coefficient (Wildman–Crippen LogP) is 5.29. The number of hydrogen-bond donors (Lipinski definition) is 0. The van der Waals surface area contributed by atoms with Crippen LogP contribution < -0.4 is 0 Å².